The van der Waals surface area contributed by atoms with Gasteiger partial charge in [-0.05, 0) is 43.1 Å². The highest BCUT2D eigenvalue weighted by Crippen LogP contribution is 2.28. The Kier molecular flexibility index (Phi) is 5.21. The SMILES string of the molecule is COc1ccc(NC(=O)CNCCC2CCC2)cc1. The van der Waals surface area contributed by atoms with E-state index in [0.29, 0.717) is 6.54 Å². The van der Waals surface area contributed by atoms with Crippen LogP contribution in [-0.2, 0) is 4.79 Å². The van der Waals surface area contributed by atoms with E-state index in [1.807, 2.05) is 24.3 Å². The summed E-state index contributed by atoms with van der Waals surface area (Å²) in [5.41, 5.74) is 0.798. The van der Waals surface area contributed by atoms with Crippen LogP contribution in [0.25, 0.3) is 0 Å². The van der Waals surface area contributed by atoms with Crippen LogP contribution in [-0.4, -0.2) is 26.1 Å². The van der Waals surface area contributed by atoms with E-state index < -0.39 is 0 Å². The van der Waals surface area contributed by atoms with Gasteiger partial charge in [0.15, 0.2) is 0 Å². The fourth-order valence-electron chi connectivity index (χ4n) is 2.17. The molecule has 0 heterocycles. The number of nitrogens with one attached hydrogen (secondary N) is 2. The van der Waals surface area contributed by atoms with Crippen LogP contribution < -0.4 is 15.4 Å². The predicted octanol–water partition coefficient (Wildman–Crippen LogP) is 2.41. The molecule has 2 rings (SSSR count). The lowest BCUT2D eigenvalue weighted by atomic mass is 9.83. The second-order valence-corrected chi connectivity index (χ2v) is 5.04. The van der Waals surface area contributed by atoms with E-state index in [2.05, 4.69) is 10.6 Å². The summed E-state index contributed by atoms with van der Waals surface area (Å²) in [5, 5.41) is 6.04. The third-order valence-electron chi connectivity index (χ3n) is 3.61. The zero-order chi connectivity index (χ0) is 13.5. The Morgan fingerprint density at radius 1 is 1.32 bits per heavy atom. The maximum Gasteiger partial charge on any atom is 0.238 e. The van der Waals surface area contributed by atoms with Crippen LogP contribution in [0.4, 0.5) is 5.69 Å². The van der Waals surface area contributed by atoms with E-state index in [9.17, 15) is 4.79 Å². The highest BCUT2D eigenvalue weighted by atomic mass is 16.5. The Bertz CT molecular complexity index is 399. The first-order valence-corrected chi connectivity index (χ1v) is 6.92. The molecule has 104 valence electrons. The first kappa shape index (κ1) is 13.9. The van der Waals surface area contributed by atoms with Crippen molar-refractivity contribution in [3.8, 4) is 5.75 Å². The van der Waals surface area contributed by atoms with E-state index in [1.165, 1.54) is 25.7 Å². The zero-order valence-corrected chi connectivity index (χ0v) is 11.4. The average Bonchev–Trinajstić information content (AvgIpc) is 2.37. The second-order valence-electron chi connectivity index (χ2n) is 5.04. The van der Waals surface area contributed by atoms with Crippen LogP contribution in [0.2, 0.25) is 0 Å². The lowest BCUT2D eigenvalue weighted by molar-refractivity contribution is -0.115. The quantitative estimate of drug-likeness (QED) is 0.742. The second kappa shape index (κ2) is 7.14. The first-order chi connectivity index (χ1) is 9.28. The van der Waals surface area contributed by atoms with Crippen LogP contribution in [0.15, 0.2) is 24.3 Å². The molecule has 4 heteroatoms. The number of carbonyl (C=O) groups excluding carboxylic acids is 1. The van der Waals surface area contributed by atoms with Gasteiger partial charge in [-0.15, -0.1) is 0 Å². The minimum atomic E-state index is -0.00113. The summed E-state index contributed by atoms with van der Waals surface area (Å²) in [5.74, 6) is 1.67. The molecule has 0 unspecified atom stereocenters. The summed E-state index contributed by atoms with van der Waals surface area (Å²) in [6.07, 6.45) is 5.29. The fraction of sp³-hybridized carbons (Fsp3) is 0.533. The molecule has 19 heavy (non-hydrogen) atoms. The molecule has 1 fully saturated rings. The minimum absolute atomic E-state index is 0.00113. The summed E-state index contributed by atoms with van der Waals surface area (Å²) < 4.78 is 5.07. The van der Waals surface area contributed by atoms with E-state index >= 15 is 0 Å². The lowest BCUT2D eigenvalue weighted by Gasteiger charge is -2.25. The van der Waals surface area contributed by atoms with Gasteiger partial charge in [-0.1, -0.05) is 19.3 Å². The van der Waals surface area contributed by atoms with Crippen molar-refractivity contribution < 1.29 is 9.53 Å². The van der Waals surface area contributed by atoms with Crippen molar-refractivity contribution in [2.75, 3.05) is 25.5 Å². The molecule has 0 aromatic heterocycles. The van der Waals surface area contributed by atoms with E-state index in [1.54, 1.807) is 7.11 Å². The van der Waals surface area contributed by atoms with Crippen molar-refractivity contribution >= 4 is 11.6 Å². The summed E-state index contributed by atoms with van der Waals surface area (Å²) in [7, 11) is 1.62. The van der Waals surface area contributed by atoms with Gasteiger partial charge in [0, 0.05) is 5.69 Å². The van der Waals surface area contributed by atoms with Gasteiger partial charge in [0.05, 0.1) is 13.7 Å². The number of hydrogen-bond acceptors (Lipinski definition) is 3. The van der Waals surface area contributed by atoms with Crippen LogP contribution in [0.3, 0.4) is 0 Å². The minimum Gasteiger partial charge on any atom is -0.497 e. The molecule has 2 N–H and O–H groups in total. The third kappa shape index (κ3) is 4.56. The molecule has 0 aliphatic heterocycles. The number of carbonyl (C=O) groups is 1. The van der Waals surface area contributed by atoms with Gasteiger partial charge in [-0.3, -0.25) is 4.79 Å². The molecule has 1 aromatic carbocycles. The summed E-state index contributed by atoms with van der Waals surface area (Å²) in [6, 6.07) is 7.34. The van der Waals surface area contributed by atoms with Crippen molar-refractivity contribution in [1.29, 1.82) is 0 Å². The van der Waals surface area contributed by atoms with Crippen LogP contribution in [0.5, 0.6) is 5.75 Å². The Balaban J connectivity index is 1.62. The maximum absolute atomic E-state index is 11.7. The number of anilines is 1. The molecular weight excluding hydrogens is 240 g/mol. The van der Waals surface area contributed by atoms with Crippen molar-refractivity contribution in [1.82, 2.24) is 5.32 Å². The predicted molar refractivity (Wildman–Crippen MR) is 76.5 cm³/mol. The smallest absolute Gasteiger partial charge is 0.238 e. The molecule has 0 radical (unpaired) electrons. The normalized spacial score (nSPS) is 14.8. The molecule has 4 nitrogen and oxygen atoms in total. The summed E-state index contributed by atoms with van der Waals surface area (Å²) in [4.78, 5) is 11.7. The van der Waals surface area contributed by atoms with Gasteiger partial charge >= 0.3 is 0 Å². The van der Waals surface area contributed by atoms with Gasteiger partial charge in [-0.25, -0.2) is 0 Å². The van der Waals surface area contributed by atoms with E-state index in [-0.39, 0.29) is 5.91 Å². The van der Waals surface area contributed by atoms with E-state index in [0.717, 1.165) is 23.9 Å². The van der Waals surface area contributed by atoms with Gasteiger partial charge in [0.2, 0.25) is 5.91 Å². The molecule has 0 saturated heterocycles. The van der Waals surface area contributed by atoms with Gasteiger partial charge in [-0.2, -0.15) is 0 Å². The van der Waals surface area contributed by atoms with Crippen LogP contribution in [0, 0.1) is 5.92 Å². The summed E-state index contributed by atoms with van der Waals surface area (Å²) in [6.45, 7) is 1.31. The van der Waals surface area contributed by atoms with Crippen molar-refractivity contribution in [2.45, 2.75) is 25.7 Å². The molecule has 0 spiro atoms. The zero-order valence-electron chi connectivity index (χ0n) is 11.4. The number of methoxy groups -OCH3 is 1. The fourth-order valence-corrected chi connectivity index (χ4v) is 2.17. The number of ether oxygens (including phenoxy) is 1. The van der Waals surface area contributed by atoms with Crippen molar-refractivity contribution in [3.63, 3.8) is 0 Å². The molecule has 1 aromatic rings. The Hall–Kier alpha value is -1.55. The number of hydrogen-bond donors (Lipinski definition) is 2. The molecule has 1 saturated carbocycles. The third-order valence-corrected chi connectivity index (χ3v) is 3.61. The Morgan fingerprint density at radius 2 is 2.05 bits per heavy atom. The Morgan fingerprint density at radius 3 is 2.63 bits per heavy atom. The van der Waals surface area contributed by atoms with Gasteiger partial charge in [0.1, 0.15) is 5.75 Å². The lowest BCUT2D eigenvalue weighted by Crippen LogP contribution is -2.30. The molecular formula is C15H22N2O2. The highest BCUT2D eigenvalue weighted by Gasteiger charge is 2.16. The Labute approximate surface area is 114 Å². The van der Waals surface area contributed by atoms with E-state index in [4.69, 9.17) is 4.74 Å². The average molecular weight is 262 g/mol. The maximum atomic E-state index is 11.7. The van der Waals surface area contributed by atoms with Crippen molar-refractivity contribution in [3.05, 3.63) is 24.3 Å². The monoisotopic (exact) mass is 262 g/mol. The molecule has 0 atom stereocenters. The molecule has 1 amide bonds. The number of amides is 1. The number of rotatable bonds is 7. The highest BCUT2D eigenvalue weighted by molar-refractivity contribution is 5.92. The largest absolute Gasteiger partial charge is 0.497 e. The standard InChI is InChI=1S/C15H22N2O2/c1-19-14-7-5-13(6-8-14)17-15(18)11-16-10-9-12-3-2-4-12/h5-8,12,16H,2-4,9-11H2,1H3,(H,17,18). The number of benzene rings is 1. The van der Waals surface area contributed by atoms with Crippen LogP contribution >= 0.6 is 0 Å². The molecule has 0 bridgehead atoms. The van der Waals surface area contributed by atoms with Gasteiger partial charge < -0.3 is 15.4 Å². The molecule has 1 aliphatic carbocycles. The van der Waals surface area contributed by atoms with Crippen LogP contribution in [0.1, 0.15) is 25.7 Å². The molecule has 1 aliphatic rings. The van der Waals surface area contributed by atoms with Gasteiger partial charge in [0.25, 0.3) is 0 Å². The first-order valence-electron chi connectivity index (χ1n) is 6.92. The topological polar surface area (TPSA) is 50.4 Å². The summed E-state index contributed by atoms with van der Waals surface area (Å²) >= 11 is 0. The van der Waals surface area contributed by atoms with Crippen molar-refractivity contribution in [2.24, 2.45) is 5.92 Å².